The molecule has 1 aromatic heterocycles. The van der Waals surface area contributed by atoms with Crippen molar-refractivity contribution in [2.75, 3.05) is 51.3 Å². The molecule has 3 aliphatic heterocycles. The van der Waals surface area contributed by atoms with Crippen molar-refractivity contribution in [1.82, 2.24) is 14.9 Å². The maximum absolute atomic E-state index is 13.7. The number of hydrogen-bond donors (Lipinski definition) is 1. The van der Waals surface area contributed by atoms with Crippen molar-refractivity contribution >= 4 is 24.2 Å². The van der Waals surface area contributed by atoms with Crippen LogP contribution in [0.3, 0.4) is 0 Å². The molecule has 5 rings (SSSR count). The predicted octanol–water partition coefficient (Wildman–Crippen LogP) is 3.02. The van der Waals surface area contributed by atoms with Gasteiger partial charge in [-0.05, 0) is 57.0 Å². The minimum absolute atomic E-state index is 0. The summed E-state index contributed by atoms with van der Waals surface area (Å²) < 4.78 is 30.4. The molecule has 4 heterocycles. The number of rotatable bonds is 6. The van der Waals surface area contributed by atoms with Gasteiger partial charge in [-0.3, -0.25) is 0 Å². The maximum atomic E-state index is 13.7. The lowest BCUT2D eigenvalue weighted by molar-refractivity contribution is -0.0277. The molecule has 2 aromatic rings. The SMILES string of the molecule is COC(=O)c1cc(F)ccc1Oc1cncnc1N1CC2(CCN(C[C@@H]3CC[C@@H](N)CO3)CC2)C1.Cl. The number of nitrogens with zero attached hydrogens (tertiary/aromatic N) is 4. The summed E-state index contributed by atoms with van der Waals surface area (Å²) in [6, 6.07) is 3.94. The summed E-state index contributed by atoms with van der Waals surface area (Å²) in [6.07, 6.45) is 7.68. The van der Waals surface area contributed by atoms with Crippen molar-refractivity contribution in [1.29, 1.82) is 0 Å². The van der Waals surface area contributed by atoms with Gasteiger partial charge in [-0.25, -0.2) is 19.2 Å². The van der Waals surface area contributed by atoms with Gasteiger partial charge in [0.25, 0.3) is 0 Å². The maximum Gasteiger partial charge on any atom is 0.341 e. The first-order chi connectivity index (χ1) is 16.9. The van der Waals surface area contributed by atoms with Crippen molar-refractivity contribution in [3.8, 4) is 11.5 Å². The quantitative estimate of drug-likeness (QED) is 0.574. The van der Waals surface area contributed by atoms with Crippen LogP contribution >= 0.6 is 12.4 Å². The molecule has 0 radical (unpaired) electrons. The number of hydrogen-bond acceptors (Lipinski definition) is 9. The van der Waals surface area contributed by atoms with Crippen molar-refractivity contribution in [2.45, 2.75) is 37.8 Å². The Morgan fingerprint density at radius 1 is 1.25 bits per heavy atom. The van der Waals surface area contributed by atoms with Gasteiger partial charge in [0, 0.05) is 31.1 Å². The molecule has 0 amide bonds. The Balaban J connectivity index is 0.00000304. The van der Waals surface area contributed by atoms with Gasteiger partial charge in [0.05, 0.1) is 26.0 Å². The van der Waals surface area contributed by atoms with Gasteiger partial charge >= 0.3 is 5.97 Å². The second kappa shape index (κ2) is 11.2. The van der Waals surface area contributed by atoms with Gasteiger partial charge in [0.1, 0.15) is 23.5 Å². The number of likely N-dealkylation sites (tertiary alicyclic amines) is 1. The lowest BCUT2D eigenvalue weighted by Gasteiger charge is -2.54. The van der Waals surface area contributed by atoms with E-state index in [0.29, 0.717) is 24.3 Å². The van der Waals surface area contributed by atoms with Crippen molar-refractivity contribution in [3.05, 3.63) is 42.1 Å². The van der Waals surface area contributed by atoms with Crippen molar-refractivity contribution < 1.29 is 23.4 Å². The molecular weight excluding hydrogens is 489 g/mol. The minimum atomic E-state index is -0.672. The minimum Gasteiger partial charge on any atom is -0.465 e. The van der Waals surface area contributed by atoms with E-state index in [0.717, 1.165) is 64.5 Å². The number of carbonyl (C=O) groups excluding carboxylic acids is 1. The van der Waals surface area contributed by atoms with E-state index in [1.165, 1.54) is 25.6 Å². The Morgan fingerprint density at radius 3 is 2.72 bits per heavy atom. The summed E-state index contributed by atoms with van der Waals surface area (Å²) in [4.78, 5) is 25.3. The first kappa shape index (κ1) is 26.5. The number of methoxy groups -OCH3 is 1. The van der Waals surface area contributed by atoms with E-state index < -0.39 is 11.8 Å². The van der Waals surface area contributed by atoms with Crippen LogP contribution < -0.4 is 15.4 Å². The smallest absolute Gasteiger partial charge is 0.341 e. The third kappa shape index (κ3) is 5.72. The second-order valence-corrected chi connectivity index (χ2v) is 9.89. The normalized spacial score (nSPS) is 23.5. The van der Waals surface area contributed by atoms with Crippen LogP contribution in [0.25, 0.3) is 0 Å². The van der Waals surface area contributed by atoms with Crippen LogP contribution in [0, 0.1) is 11.2 Å². The molecule has 2 atom stereocenters. The third-order valence-corrected chi connectivity index (χ3v) is 7.36. The van der Waals surface area contributed by atoms with E-state index >= 15 is 0 Å². The van der Waals surface area contributed by atoms with E-state index in [-0.39, 0.29) is 35.2 Å². The highest BCUT2D eigenvalue weighted by molar-refractivity contribution is 5.92. The Kier molecular flexibility index (Phi) is 8.29. The number of esters is 1. The molecule has 1 aromatic carbocycles. The highest BCUT2D eigenvalue weighted by Crippen LogP contribution is 2.45. The number of ether oxygens (including phenoxy) is 3. The topological polar surface area (TPSA) is 103 Å². The third-order valence-electron chi connectivity index (χ3n) is 7.36. The molecule has 0 unspecified atom stereocenters. The average molecular weight is 522 g/mol. The molecular formula is C25H33ClFN5O4. The van der Waals surface area contributed by atoms with Crippen LogP contribution in [-0.2, 0) is 9.47 Å². The Morgan fingerprint density at radius 2 is 2.03 bits per heavy atom. The Labute approximate surface area is 216 Å². The van der Waals surface area contributed by atoms with Crippen LogP contribution in [0.4, 0.5) is 10.2 Å². The van der Waals surface area contributed by atoms with E-state index in [2.05, 4.69) is 19.8 Å². The van der Waals surface area contributed by atoms with Gasteiger partial charge in [-0.15, -0.1) is 12.4 Å². The molecule has 2 N–H and O–H groups in total. The van der Waals surface area contributed by atoms with Crippen molar-refractivity contribution in [3.63, 3.8) is 0 Å². The fourth-order valence-corrected chi connectivity index (χ4v) is 5.30. The van der Waals surface area contributed by atoms with E-state index in [4.69, 9.17) is 19.9 Å². The fraction of sp³-hybridized carbons (Fsp3) is 0.560. The molecule has 9 nitrogen and oxygen atoms in total. The summed E-state index contributed by atoms with van der Waals surface area (Å²) in [5.41, 5.74) is 6.22. The summed E-state index contributed by atoms with van der Waals surface area (Å²) in [5, 5.41) is 0. The number of piperidine rings is 1. The first-order valence-electron chi connectivity index (χ1n) is 12.1. The number of anilines is 1. The van der Waals surface area contributed by atoms with E-state index in [1.807, 2.05) is 0 Å². The second-order valence-electron chi connectivity index (χ2n) is 9.89. The molecule has 3 fully saturated rings. The van der Waals surface area contributed by atoms with Crippen LogP contribution in [-0.4, -0.2) is 79.4 Å². The highest BCUT2D eigenvalue weighted by Gasteiger charge is 2.46. The standard InChI is InChI=1S/C25H32FN5O4.ClH/c1-33-24(32)20-10-17(26)2-5-21(20)35-22-11-28-16-29-23(22)31-14-25(15-31)6-8-30(9-7-25)12-19-4-3-18(27)13-34-19;/h2,5,10-11,16,18-19H,3-4,6-9,12-15,27H2,1H3;1H/t18-,19+;/m1./s1. The van der Waals surface area contributed by atoms with Crippen molar-refractivity contribution in [2.24, 2.45) is 11.1 Å². The summed E-state index contributed by atoms with van der Waals surface area (Å²) in [6.45, 7) is 5.54. The van der Waals surface area contributed by atoms with Gasteiger partial charge in [0.15, 0.2) is 11.6 Å². The van der Waals surface area contributed by atoms with Crippen LogP contribution in [0.15, 0.2) is 30.7 Å². The van der Waals surface area contributed by atoms with E-state index in [1.54, 1.807) is 6.20 Å². The van der Waals surface area contributed by atoms with Gasteiger partial charge < -0.3 is 29.7 Å². The molecule has 196 valence electrons. The van der Waals surface area contributed by atoms with Gasteiger partial charge in [0.2, 0.25) is 0 Å². The molecule has 1 spiro atoms. The zero-order valence-electron chi connectivity index (χ0n) is 20.4. The Hall–Kier alpha value is -2.53. The van der Waals surface area contributed by atoms with Crippen LogP contribution in [0.1, 0.15) is 36.0 Å². The predicted molar refractivity (Wildman–Crippen MR) is 134 cm³/mol. The molecule has 11 heteroatoms. The summed E-state index contributed by atoms with van der Waals surface area (Å²) in [5.74, 6) is 0.0686. The van der Waals surface area contributed by atoms with Gasteiger partial charge in [-0.1, -0.05) is 0 Å². The average Bonchev–Trinajstić information content (AvgIpc) is 2.85. The molecule has 0 bridgehead atoms. The monoisotopic (exact) mass is 521 g/mol. The van der Waals surface area contributed by atoms with Gasteiger partial charge in [-0.2, -0.15) is 0 Å². The first-order valence-corrected chi connectivity index (χ1v) is 12.1. The molecule has 36 heavy (non-hydrogen) atoms. The number of benzene rings is 1. The molecule has 3 saturated heterocycles. The Bertz CT molecular complexity index is 1050. The molecule has 3 aliphatic rings. The fourth-order valence-electron chi connectivity index (χ4n) is 5.30. The zero-order chi connectivity index (χ0) is 24.4. The van der Waals surface area contributed by atoms with E-state index in [9.17, 15) is 9.18 Å². The largest absolute Gasteiger partial charge is 0.465 e. The van der Waals surface area contributed by atoms with Crippen LogP contribution in [0.2, 0.25) is 0 Å². The summed E-state index contributed by atoms with van der Waals surface area (Å²) in [7, 11) is 1.25. The number of aromatic nitrogens is 2. The van der Waals surface area contributed by atoms with Crippen LogP contribution in [0.5, 0.6) is 11.5 Å². The highest BCUT2D eigenvalue weighted by atomic mass is 35.5. The molecule has 0 saturated carbocycles. The lowest BCUT2D eigenvalue weighted by atomic mass is 9.72. The number of carbonyl (C=O) groups is 1. The number of nitrogens with two attached hydrogens (primary N) is 1. The lowest BCUT2D eigenvalue weighted by Crippen LogP contribution is -2.61. The summed E-state index contributed by atoms with van der Waals surface area (Å²) >= 11 is 0. The zero-order valence-corrected chi connectivity index (χ0v) is 21.2. The molecule has 0 aliphatic carbocycles. The number of halogens is 2.